The Bertz CT molecular complexity index is 878. The number of hydrogen-bond acceptors (Lipinski definition) is 1. The van der Waals surface area contributed by atoms with Gasteiger partial charge in [0.25, 0.3) is 0 Å². The summed E-state index contributed by atoms with van der Waals surface area (Å²) >= 11 is 11.7. The topological polar surface area (TPSA) is 20.7 Å². The fraction of sp³-hybridized carbons (Fsp3) is 0.235. The van der Waals surface area contributed by atoms with Gasteiger partial charge in [-0.05, 0) is 60.8 Å². The predicted molar refractivity (Wildman–Crippen MR) is 89.7 cm³/mol. The number of H-pyrrole nitrogens is 1. The van der Waals surface area contributed by atoms with E-state index in [-0.39, 0.29) is 0 Å². The van der Waals surface area contributed by atoms with Crippen LogP contribution in [-0.4, -0.2) is 9.55 Å². The van der Waals surface area contributed by atoms with Crippen LogP contribution in [0.2, 0.25) is 5.02 Å². The first-order valence-electron chi connectivity index (χ1n) is 7.21. The number of fused-ring (bicyclic) bond motifs is 2. The van der Waals surface area contributed by atoms with Gasteiger partial charge >= 0.3 is 0 Å². The minimum Gasteiger partial charge on any atom is -0.331 e. The number of nitrogens with zero attached hydrogens (tertiary/aromatic N) is 1. The predicted octanol–water partition coefficient (Wildman–Crippen LogP) is 5.28. The Kier molecular flexibility index (Phi) is 3.12. The average Bonchev–Trinajstić information content (AvgIpc) is 2.82. The van der Waals surface area contributed by atoms with Crippen LogP contribution in [0.4, 0.5) is 0 Å². The number of rotatable bonds is 1. The van der Waals surface area contributed by atoms with Gasteiger partial charge in [0, 0.05) is 5.02 Å². The fourth-order valence-electron chi connectivity index (χ4n) is 3.40. The van der Waals surface area contributed by atoms with E-state index in [1.807, 2.05) is 18.2 Å². The van der Waals surface area contributed by atoms with Crippen molar-refractivity contribution in [3.05, 3.63) is 63.4 Å². The molecule has 21 heavy (non-hydrogen) atoms. The standard InChI is InChI=1S/C17H15ClN2S/c18-12-8-9-14-16(10-12)20(17(21)19-14)15-7-3-5-11-4-1-2-6-13(11)15/h1-2,4,6,8-10,15H,3,5,7H2,(H,19,21). The van der Waals surface area contributed by atoms with Gasteiger partial charge in [0.1, 0.15) is 0 Å². The zero-order valence-corrected chi connectivity index (χ0v) is 13.0. The van der Waals surface area contributed by atoms with Crippen molar-refractivity contribution in [3.63, 3.8) is 0 Å². The van der Waals surface area contributed by atoms with E-state index in [0.29, 0.717) is 6.04 Å². The van der Waals surface area contributed by atoms with Gasteiger partial charge in [-0.2, -0.15) is 0 Å². The van der Waals surface area contributed by atoms with Crippen molar-refractivity contribution >= 4 is 34.9 Å². The van der Waals surface area contributed by atoms with Crippen molar-refractivity contribution in [2.24, 2.45) is 0 Å². The molecule has 0 saturated heterocycles. The summed E-state index contributed by atoms with van der Waals surface area (Å²) in [6.45, 7) is 0. The van der Waals surface area contributed by atoms with Gasteiger partial charge in [-0.3, -0.25) is 0 Å². The van der Waals surface area contributed by atoms with Gasteiger partial charge in [0.2, 0.25) is 0 Å². The zero-order valence-electron chi connectivity index (χ0n) is 11.5. The third kappa shape index (κ3) is 2.12. The van der Waals surface area contributed by atoms with E-state index in [2.05, 4.69) is 33.8 Å². The van der Waals surface area contributed by atoms with Crippen molar-refractivity contribution in [1.29, 1.82) is 0 Å². The molecule has 2 nitrogen and oxygen atoms in total. The Balaban J connectivity index is 1.98. The Morgan fingerprint density at radius 2 is 2.05 bits per heavy atom. The Labute approximate surface area is 133 Å². The van der Waals surface area contributed by atoms with Crippen LogP contribution in [-0.2, 0) is 6.42 Å². The first-order chi connectivity index (χ1) is 10.2. The molecule has 1 aliphatic carbocycles. The van der Waals surface area contributed by atoms with Gasteiger partial charge in [-0.1, -0.05) is 35.9 Å². The Morgan fingerprint density at radius 3 is 2.95 bits per heavy atom. The number of aromatic nitrogens is 2. The lowest BCUT2D eigenvalue weighted by Crippen LogP contribution is -2.17. The lowest BCUT2D eigenvalue weighted by molar-refractivity contribution is 0.495. The summed E-state index contributed by atoms with van der Waals surface area (Å²) in [5, 5.41) is 0.745. The number of nitrogens with one attached hydrogen (secondary N) is 1. The van der Waals surface area contributed by atoms with E-state index in [4.69, 9.17) is 23.8 Å². The quantitative estimate of drug-likeness (QED) is 0.606. The van der Waals surface area contributed by atoms with Gasteiger partial charge in [-0.15, -0.1) is 0 Å². The summed E-state index contributed by atoms with van der Waals surface area (Å²) < 4.78 is 3.00. The van der Waals surface area contributed by atoms with Crippen LogP contribution >= 0.6 is 23.8 Å². The number of benzene rings is 2. The fourth-order valence-corrected chi connectivity index (χ4v) is 3.90. The number of aromatic amines is 1. The van der Waals surface area contributed by atoms with Crippen molar-refractivity contribution in [2.75, 3.05) is 0 Å². The second-order valence-electron chi connectivity index (χ2n) is 5.57. The summed E-state index contributed by atoms with van der Waals surface area (Å²) in [6, 6.07) is 14.9. The molecule has 1 aliphatic rings. The summed E-state index contributed by atoms with van der Waals surface area (Å²) in [5.41, 5.74) is 4.97. The highest BCUT2D eigenvalue weighted by atomic mass is 35.5. The molecule has 0 aliphatic heterocycles. The Morgan fingerprint density at radius 1 is 1.19 bits per heavy atom. The van der Waals surface area contributed by atoms with Crippen molar-refractivity contribution in [2.45, 2.75) is 25.3 Å². The third-order valence-corrected chi connectivity index (χ3v) is 4.86. The summed E-state index contributed by atoms with van der Waals surface area (Å²) in [5.74, 6) is 0. The van der Waals surface area contributed by atoms with E-state index in [1.165, 1.54) is 17.5 Å². The number of imidazole rings is 1. The SMILES string of the molecule is S=c1[nH]c2ccc(Cl)cc2n1C1CCCc2ccccc21. The molecule has 4 heteroatoms. The lowest BCUT2D eigenvalue weighted by atomic mass is 9.87. The molecule has 1 N–H and O–H groups in total. The van der Waals surface area contributed by atoms with Gasteiger partial charge in [0.05, 0.1) is 17.1 Å². The van der Waals surface area contributed by atoms with Crippen molar-refractivity contribution in [1.82, 2.24) is 9.55 Å². The maximum Gasteiger partial charge on any atom is 0.178 e. The third-order valence-electron chi connectivity index (χ3n) is 4.33. The molecule has 1 heterocycles. The second-order valence-corrected chi connectivity index (χ2v) is 6.39. The maximum absolute atomic E-state index is 6.18. The summed E-state index contributed by atoms with van der Waals surface area (Å²) in [7, 11) is 0. The molecule has 1 unspecified atom stereocenters. The van der Waals surface area contributed by atoms with Gasteiger partial charge in [-0.25, -0.2) is 0 Å². The molecule has 3 aromatic rings. The van der Waals surface area contributed by atoms with Crippen LogP contribution in [0, 0.1) is 4.77 Å². The molecule has 1 aromatic heterocycles. The van der Waals surface area contributed by atoms with Crippen LogP contribution in [0.15, 0.2) is 42.5 Å². The van der Waals surface area contributed by atoms with Gasteiger partial charge < -0.3 is 9.55 Å². The molecule has 106 valence electrons. The van der Waals surface area contributed by atoms with Crippen LogP contribution in [0.5, 0.6) is 0 Å². The summed E-state index contributed by atoms with van der Waals surface area (Å²) in [4.78, 5) is 3.30. The van der Waals surface area contributed by atoms with E-state index >= 15 is 0 Å². The van der Waals surface area contributed by atoms with Crippen LogP contribution in [0.3, 0.4) is 0 Å². The van der Waals surface area contributed by atoms with Crippen molar-refractivity contribution in [3.8, 4) is 0 Å². The Hall–Kier alpha value is -1.58. The molecule has 0 spiro atoms. The van der Waals surface area contributed by atoms with Gasteiger partial charge in [0.15, 0.2) is 4.77 Å². The van der Waals surface area contributed by atoms with E-state index < -0.39 is 0 Å². The monoisotopic (exact) mass is 314 g/mol. The molecule has 2 aromatic carbocycles. The molecular formula is C17H15ClN2S. The normalized spacial score (nSPS) is 17.9. The molecule has 0 saturated carbocycles. The molecule has 4 rings (SSSR count). The lowest BCUT2D eigenvalue weighted by Gasteiger charge is -2.27. The average molecular weight is 315 g/mol. The first kappa shape index (κ1) is 13.1. The molecule has 0 fully saturated rings. The second kappa shape index (κ2) is 5.00. The van der Waals surface area contributed by atoms with Crippen molar-refractivity contribution < 1.29 is 0 Å². The zero-order chi connectivity index (χ0) is 14.4. The minimum atomic E-state index is 0.301. The van der Waals surface area contributed by atoms with Crippen LogP contribution < -0.4 is 0 Å². The highest BCUT2D eigenvalue weighted by Crippen LogP contribution is 2.35. The molecule has 1 atom stereocenters. The molecule has 0 amide bonds. The molecular weight excluding hydrogens is 300 g/mol. The van der Waals surface area contributed by atoms with E-state index in [9.17, 15) is 0 Å². The van der Waals surface area contributed by atoms with E-state index in [1.54, 1.807) is 0 Å². The molecule has 0 radical (unpaired) electrons. The highest BCUT2D eigenvalue weighted by Gasteiger charge is 2.23. The van der Waals surface area contributed by atoms with Crippen LogP contribution in [0.25, 0.3) is 11.0 Å². The van der Waals surface area contributed by atoms with Crippen LogP contribution in [0.1, 0.15) is 30.0 Å². The van der Waals surface area contributed by atoms with E-state index in [0.717, 1.165) is 33.7 Å². The number of hydrogen-bond donors (Lipinski definition) is 1. The first-order valence-corrected chi connectivity index (χ1v) is 8.00. The smallest absolute Gasteiger partial charge is 0.178 e. The maximum atomic E-state index is 6.18. The minimum absolute atomic E-state index is 0.301. The number of halogens is 1. The number of aryl methyl sites for hydroxylation is 1. The molecule has 0 bridgehead atoms. The highest BCUT2D eigenvalue weighted by molar-refractivity contribution is 7.71. The summed E-state index contributed by atoms with van der Waals surface area (Å²) in [6.07, 6.45) is 3.46. The largest absolute Gasteiger partial charge is 0.331 e.